The number of rotatable bonds is 7. The van der Waals surface area contributed by atoms with Crippen LogP contribution in [0.1, 0.15) is 31.4 Å². The topological polar surface area (TPSA) is 49.3 Å². The highest BCUT2D eigenvalue weighted by molar-refractivity contribution is 5.73. The molecular formula is C15H22FNO2. The SMILES string of the molecule is Cc1cc(CCNCCC(C)(C)C(=O)O)ccc1F. The molecule has 0 fully saturated rings. The van der Waals surface area contributed by atoms with Crippen molar-refractivity contribution in [1.82, 2.24) is 5.32 Å². The average molecular weight is 267 g/mol. The van der Waals surface area contributed by atoms with E-state index in [1.165, 1.54) is 6.07 Å². The molecule has 0 atom stereocenters. The maximum absolute atomic E-state index is 13.1. The zero-order valence-corrected chi connectivity index (χ0v) is 11.8. The number of halogens is 1. The van der Waals surface area contributed by atoms with Crippen LogP contribution in [-0.2, 0) is 11.2 Å². The number of carbonyl (C=O) groups is 1. The Kier molecular flexibility index (Phi) is 5.48. The molecule has 19 heavy (non-hydrogen) atoms. The molecule has 0 amide bonds. The van der Waals surface area contributed by atoms with Gasteiger partial charge in [-0.1, -0.05) is 12.1 Å². The first-order chi connectivity index (χ1) is 8.83. The van der Waals surface area contributed by atoms with E-state index in [9.17, 15) is 9.18 Å². The number of hydrogen-bond acceptors (Lipinski definition) is 2. The molecule has 0 saturated heterocycles. The lowest BCUT2D eigenvalue weighted by Crippen LogP contribution is -2.29. The number of nitrogens with one attached hydrogen (secondary N) is 1. The Hall–Kier alpha value is -1.42. The van der Waals surface area contributed by atoms with Crippen molar-refractivity contribution in [2.45, 2.75) is 33.6 Å². The first kappa shape index (κ1) is 15.6. The molecule has 0 aliphatic heterocycles. The van der Waals surface area contributed by atoms with E-state index in [4.69, 9.17) is 5.11 Å². The Balaban J connectivity index is 2.28. The van der Waals surface area contributed by atoms with Crippen molar-refractivity contribution in [3.05, 3.63) is 35.1 Å². The van der Waals surface area contributed by atoms with Crippen LogP contribution in [0, 0.1) is 18.2 Å². The van der Waals surface area contributed by atoms with Gasteiger partial charge in [0.15, 0.2) is 0 Å². The van der Waals surface area contributed by atoms with Gasteiger partial charge in [0.1, 0.15) is 5.82 Å². The highest BCUT2D eigenvalue weighted by atomic mass is 19.1. The van der Waals surface area contributed by atoms with Gasteiger partial charge < -0.3 is 10.4 Å². The predicted molar refractivity (Wildman–Crippen MR) is 73.7 cm³/mol. The monoisotopic (exact) mass is 267 g/mol. The van der Waals surface area contributed by atoms with Crippen molar-refractivity contribution >= 4 is 5.97 Å². The molecule has 1 aromatic rings. The van der Waals surface area contributed by atoms with Crippen LogP contribution >= 0.6 is 0 Å². The van der Waals surface area contributed by atoms with E-state index in [-0.39, 0.29) is 5.82 Å². The molecule has 3 nitrogen and oxygen atoms in total. The molecule has 1 aromatic carbocycles. The van der Waals surface area contributed by atoms with Gasteiger partial charge in [-0.3, -0.25) is 4.79 Å². The largest absolute Gasteiger partial charge is 0.481 e. The number of aliphatic carboxylic acids is 1. The summed E-state index contributed by atoms with van der Waals surface area (Å²) in [6.45, 7) is 6.63. The Morgan fingerprint density at radius 3 is 2.63 bits per heavy atom. The number of carboxylic acids is 1. The zero-order valence-electron chi connectivity index (χ0n) is 11.8. The zero-order chi connectivity index (χ0) is 14.5. The van der Waals surface area contributed by atoms with Crippen LogP contribution in [-0.4, -0.2) is 24.2 Å². The van der Waals surface area contributed by atoms with Gasteiger partial charge >= 0.3 is 5.97 Å². The summed E-state index contributed by atoms with van der Waals surface area (Å²) in [6.07, 6.45) is 1.40. The molecule has 0 aliphatic carbocycles. The van der Waals surface area contributed by atoms with Crippen LogP contribution in [0.15, 0.2) is 18.2 Å². The maximum atomic E-state index is 13.1. The second kappa shape index (κ2) is 6.66. The minimum absolute atomic E-state index is 0.181. The number of aryl methyl sites for hydroxylation is 1. The van der Waals surface area contributed by atoms with Crippen molar-refractivity contribution in [3.63, 3.8) is 0 Å². The summed E-state index contributed by atoms with van der Waals surface area (Å²) in [5.41, 5.74) is 1.05. The summed E-state index contributed by atoms with van der Waals surface area (Å²) in [5.74, 6) is -0.955. The Bertz CT molecular complexity index is 444. The van der Waals surface area contributed by atoms with Crippen LogP contribution in [0.3, 0.4) is 0 Å². The summed E-state index contributed by atoms with van der Waals surface area (Å²) < 4.78 is 13.1. The molecule has 4 heteroatoms. The van der Waals surface area contributed by atoms with Crippen LogP contribution in [0.25, 0.3) is 0 Å². The van der Waals surface area contributed by atoms with Gasteiger partial charge in [0, 0.05) is 0 Å². The van der Waals surface area contributed by atoms with E-state index in [2.05, 4.69) is 5.32 Å². The summed E-state index contributed by atoms with van der Waals surface area (Å²) in [5, 5.41) is 12.2. The highest BCUT2D eigenvalue weighted by Crippen LogP contribution is 2.19. The Morgan fingerprint density at radius 1 is 1.37 bits per heavy atom. The summed E-state index contributed by atoms with van der Waals surface area (Å²) >= 11 is 0. The quantitative estimate of drug-likeness (QED) is 0.747. The van der Waals surface area contributed by atoms with E-state index in [1.807, 2.05) is 6.07 Å². The second-order valence-corrected chi connectivity index (χ2v) is 5.52. The van der Waals surface area contributed by atoms with Crippen molar-refractivity contribution in [2.75, 3.05) is 13.1 Å². The number of benzene rings is 1. The maximum Gasteiger partial charge on any atom is 0.309 e. The van der Waals surface area contributed by atoms with E-state index in [0.717, 1.165) is 18.5 Å². The summed E-state index contributed by atoms with van der Waals surface area (Å²) in [4.78, 5) is 10.9. The lowest BCUT2D eigenvalue weighted by molar-refractivity contribution is -0.147. The first-order valence-electron chi connectivity index (χ1n) is 6.52. The average Bonchev–Trinajstić information content (AvgIpc) is 2.33. The van der Waals surface area contributed by atoms with E-state index < -0.39 is 11.4 Å². The fraction of sp³-hybridized carbons (Fsp3) is 0.533. The highest BCUT2D eigenvalue weighted by Gasteiger charge is 2.25. The van der Waals surface area contributed by atoms with Gasteiger partial charge in [-0.05, 0) is 63.9 Å². The van der Waals surface area contributed by atoms with E-state index in [1.54, 1.807) is 26.8 Å². The predicted octanol–water partition coefficient (Wildman–Crippen LogP) is 2.77. The number of carboxylic acid groups (broad SMARTS) is 1. The van der Waals surface area contributed by atoms with E-state index >= 15 is 0 Å². The number of hydrogen-bond donors (Lipinski definition) is 2. The summed E-state index contributed by atoms with van der Waals surface area (Å²) in [7, 11) is 0. The molecule has 0 aromatic heterocycles. The fourth-order valence-corrected chi connectivity index (χ4v) is 1.73. The van der Waals surface area contributed by atoms with Crippen LogP contribution in [0.2, 0.25) is 0 Å². The lowest BCUT2D eigenvalue weighted by atomic mass is 9.90. The van der Waals surface area contributed by atoms with Crippen molar-refractivity contribution < 1.29 is 14.3 Å². The molecule has 0 spiro atoms. The summed E-state index contributed by atoms with van der Waals surface area (Å²) in [6, 6.07) is 5.11. The van der Waals surface area contributed by atoms with Crippen molar-refractivity contribution in [3.8, 4) is 0 Å². The lowest BCUT2D eigenvalue weighted by Gasteiger charge is -2.18. The van der Waals surface area contributed by atoms with Gasteiger partial charge in [0.2, 0.25) is 0 Å². The molecule has 0 radical (unpaired) electrons. The molecule has 0 unspecified atom stereocenters. The minimum atomic E-state index is -0.775. The molecule has 0 aliphatic rings. The van der Waals surface area contributed by atoms with Crippen LogP contribution in [0.5, 0.6) is 0 Å². The molecular weight excluding hydrogens is 245 g/mol. The third kappa shape index (κ3) is 4.99. The molecule has 2 N–H and O–H groups in total. The normalized spacial score (nSPS) is 11.6. The van der Waals surface area contributed by atoms with Gasteiger partial charge in [-0.25, -0.2) is 4.39 Å². The molecule has 1 rings (SSSR count). The third-order valence-corrected chi connectivity index (χ3v) is 3.32. The Morgan fingerprint density at radius 2 is 2.05 bits per heavy atom. The standard InChI is InChI=1S/C15H22FNO2/c1-11-10-12(4-5-13(11)16)6-8-17-9-7-15(2,3)14(18)19/h4-5,10,17H,6-9H2,1-3H3,(H,18,19). The van der Waals surface area contributed by atoms with Gasteiger partial charge in [-0.15, -0.1) is 0 Å². The van der Waals surface area contributed by atoms with Gasteiger partial charge in [0.05, 0.1) is 5.41 Å². The van der Waals surface area contributed by atoms with Gasteiger partial charge in [-0.2, -0.15) is 0 Å². The molecule has 0 saturated carbocycles. The third-order valence-electron chi connectivity index (χ3n) is 3.32. The first-order valence-corrected chi connectivity index (χ1v) is 6.52. The van der Waals surface area contributed by atoms with Crippen LogP contribution in [0.4, 0.5) is 4.39 Å². The molecule has 0 bridgehead atoms. The molecule has 106 valence electrons. The Labute approximate surface area is 113 Å². The minimum Gasteiger partial charge on any atom is -0.481 e. The van der Waals surface area contributed by atoms with Gasteiger partial charge in [0.25, 0.3) is 0 Å². The van der Waals surface area contributed by atoms with Crippen LogP contribution < -0.4 is 5.32 Å². The molecule has 0 heterocycles. The second-order valence-electron chi connectivity index (χ2n) is 5.52. The smallest absolute Gasteiger partial charge is 0.309 e. The van der Waals surface area contributed by atoms with Crippen molar-refractivity contribution in [2.24, 2.45) is 5.41 Å². The van der Waals surface area contributed by atoms with E-state index in [0.29, 0.717) is 18.5 Å². The fourth-order valence-electron chi connectivity index (χ4n) is 1.73. The van der Waals surface area contributed by atoms with Crippen molar-refractivity contribution in [1.29, 1.82) is 0 Å².